The molecule has 2 rings (SSSR count). The predicted octanol–water partition coefficient (Wildman–Crippen LogP) is -0.0839. The van der Waals surface area contributed by atoms with E-state index in [-0.39, 0.29) is 45.9 Å². The molecule has 0 heterocycles. The minimum Gasteiger partial charge on any atom is -1.00 e. The van der Waals surface area contributed by atoms with Gasteiger partial charge in [0, 0.05) is 5.82 Å². The van der Waals surface area contributed by atoms with Crippen molar-refractivity contribution in [3.8, 4) is 11.1 Å². The van der Waals surface area contributed by atoms with Crippen LogP contribution in [0.25, 0.3) is 11.1 Å². The first-order valence-electron chi connectivity index (χ1n) is 4.09. The number of rotatable bonds is 1. The topological polar surface area (TPSA) is 0 Å². The molecule has 0 nitrogen and oxygen atoms in total. The monoisotopic (exact) mass is 274 g/mol. The summed E-state index contributed by atoms with van der Waals surface area (Å²) in [5, 5.41) is 0. The molecule has 3 heteroatoms. The molecule has 0 saturated heterocycles. The molecule has 2 aromatic carbocycles. The molecule has 0 bridgehead atoms. The number of hydrogen-bond acceptors (Lipinski definition) is 0. The van der Waals surface area contributed by atoms with Crippen LogP contribution in [0.4, 0.5) is 4.39 Å². The van der Waals surface area contributed by atoms with E-state index < -0.39 is 0 Å². The van der Waals surface area contributed by atoms with Crippen LogP contribution < -0.4 is 17.0 Å². The Morgan fingerprint density at radius 3 is 2.07 bits per heavy atom. The summed E-state index contributed by atoms with van der Waals surface area (Å²) in [5.41, 5.74) is 2.07. The minimum absolute atomic E-state index is 0. The van der Waals surface area contributed by atoms with Gasteiger partial charge in [0.15, 0.2) is 0 Å². The average Bonchev–Trinajstić information content (AvgIpc) is 2.20. The van der Waals surface area contributed by atoms with Gasteiger partial charge in [-0.1, -0.05) is 35.9 Å². The van der Waals surface area contributed by atoms with Crippen LogP contribution in [-0.4, -0.2) is 23.1 Å². The molecule has 0 radical (unpaired) electrons. The summed E-state index contributed by atoms with van der Waals surface area (Å²) >= 11 is 0. The van der Waals surface area contributed by atoms with Crippen LogP contribution in [0.2, 0.25) is 0 Å². The third-order valence-corrected chi connectivity index (χ3v) is 1.88. The van der Waals surface area contributed by atoms with Gasteiger partial charge in [-0.15, -0.1) is 17.7 Å². The van der Waals surface area contributed by atoms with Gasteiger partial charge in [0.1, 0.15) is 0 Å². The van der Waals surface area contributed by atoms with E-state index in [1.54, 1.807) is 12.1 Å². The average molecular weight is 275 g/mol. The summed E-state index contributed by atoms with van der Waals surface area (Å²) in [5.74, 6) is -0.320. The molecule has 0 atom stereocenters. The Labute approximate surface area is 115 Å². The second-order valence-corrected chi connectivity index (χ2v) is 2.79. The van der Waals surface area contributed by atoms with Crippen LogP contribution in [0.15, 0.2) is 48.5 Å². The molecule has 15 heavy (non-hydrogen) atoms. The molecule has 0 saturated carbocycles. The SMILES string of the molecule is Fc1[c-]cc(-c2ccccc2)cc1.[Br-].[Mg+2]. The van der Waals surface area contributed by atoms with Crippen molar-refractivity contribution >= 4 is 23.1 Å². The molecule has 72 valence electrons. The largest absolute Gasteiger partial charge is 2.00 e. The van der Waals surface area contributed by atoms with Crippen LogP contribution in [0.3, 0.4) is 0 Å². The fourth-order valence-electron chi connectivity index (χ4n) is 1.22. The maximum atomic E-state index is 12.5. The van der Waals surface area contributed by atoms with Crippen molar-refractivity contribution in [1.29, 1.82) is 0 Å². The van der Waals surface area contributed by atoms with E-state index in [1.807, 2.05) is 30.3 Å². The smallest absolute Gasteiger partial charge is 1.00 e. The van der Waals surface area contributed by atoms with Crippen molar-refractivity contribution in [1.82, 2.24) is 0 Å². The predicted molar refractivity (Wildman–Crippen MR) is 56.4 cm³/mol. The Hall–Kier alpha value is -0.384. The molecule has 2 aromatic rings. The van der Waals surface area contributed by atoms with Crippen molar-refractivity contribution in [2.45, 2.75) is 0 Å². The fraction of sp³-hybridized carbons (Fsp3) is 0. The van der Waals surface area contributed by atoms with Gasteiger partial charge < -0.3 is 17.0 Å². The van der Waals surface area contributed by atoms with Crippen molar-refractivity contribution < 1.29 is 21.4 Å². The van der Waals surface area contributed by atoms with Crippen molar-refractivity contribution in [2.75, 3.05) is 0 Å². The van der Waals surface area contributed by atoms with Gasteiger partial charge in [-0.25, -0.2) is 4.39 Å². The standard InChI is InChI=1S/C12H8F.BrH.Mg/c13-12-8-6-11(7-9-12)10-4-2-1-3-5-10;;/h1-8H;1H;/q-1;;+2/p-1. The maximum Gasteiger partial charge on any atom is 2.00 e. The second-order valence-electron chi connectivity index (χ2n) is 2.79. The number of hydrogen-bond donors (Lipinski definition) is 0. The van der Waals surface area contributed by atoms with Crippen molar-refractivity contribution in [3.05, 3.63) is 60.4 Å². The summed E-state index contributed by atoms with van der Waals surface area (Å²) < 4.78 is 12.5. The molecule has 0 aliphatic rings. The molecule has 0 spiro atoms. The Balaban J connectivity index is 0.000000980. The molecular formula is C12H8BrFMg. The minimum atomic E-state index is -0.320. The zero-order chi connectivity index (χ0) is 9.10. The Bertz CT molecular complexity index is 386. The summed E-state index contributed by atoms with van der Waals surface area (Å²) in [6.45, 7) is 0. The van der Waals surface area contributed by atoms with Crippen LogP contribution in [-0.2, 0) is 0 Å². The molecular weight excluding hydrogens is 267 g/mol. The van der Waals surface area contributed by atoms with E-state index >= 15 is 0 Å². The first-order valence-corrected chi connectivity index (χ1v) is 4.09. The van der Waals surface area contributed by atoms with E-state index in [0.29, 0.717) is 0 Å². The first kappa shape index (κ1) is 14.6. The van der Waals surface area contributed by atoms with Gasteiger partial charge in [0.2, 0.25) is 0 Å². The third kappa shape index (κ3) is 3.93. The van der Waals surface area contributed by atoms with Gasteiger partial charge in [0.25, 0.3) is 0 Å². The van der Waals surface area contributed by atoms with Crippen molar-refractivity contribution in [3.63, 3.8) is 0 Å². The summed E-state index contributed by atoms with van der Waals surface area (Å²) in [6, 6.07) is 17.2. The van der Waals surface area contributed by atoms with Crippen LogP contribution in [0.1, 0.15) is 0 Å². The molecule has 0 N–H and O–H groups in total. The maximum absolute atomic E-state index is 12.5. The summed E-state index contributed by atoms with van der Waals surface area (Å²) in [7, 11) is 0. The fourth-order valence-corrected chi connectivity index (χ4v) is 1.22. The molecule has 0 amide bonds. The molecule has 0 aromatic heterocycles. The van der Waals surface area contributed by atoms with Crippen LogP contribution >= 0.6 is 0 Å². The quantitative estimate of drug-likeness (QED) is 0.504. The Morgan fingerprint density at radius 2 is 1.53 bits per heavy atom. The van der Waals surface area contributed by atoms with E-state index in [2.05, 4.69) is 6.07 Å². The Morgan fingerprint density at radius 1 is 0.867 bits per heavy atom. The normalized spacial score (nSPS) is 8.60. The van der Waals surface area contributed by atoms with E-state index in [1.165, 1.54) is 6.07 Å². The zero-order valence-corrected chi connectivity index (χ0v) is 11.1. The van der Waals surface area contributed by atoms with Crippen LogP contribution in [0, 0.1) is 11.9 Å². The third-order valence-electron chi connectivity index (χ3n) is 1.88. The van der Waals surface area contributed by atoms with E-state index in [9.17, 15) is 4.39 Å². The van der Waals surface area contributed by atoms with Gasteiger partial charge in [-0.3, -0.25) is 0 Å². The second kappa shape index (κ2) is 6.98. The number of halogens is 2. The Kier molecular flexibility index (Phi) is 6.81. The molecule has 0 aliphatic carbocycles. The number of benzene rings is 2. The van der Waals surface area contributed by atoms with Gasteiger partial charge in [0.05, 0.1) is 0 Å². The summed E-state index contributed by atoms with van der Waals surface area (Å²) in [6.07, 6.45) is 0. The molecule has 0 unspecified atom stereocenters. The van der Waals surface area contributed by atoms with Gasteiger partial charge >= 0.3 is 23.1 Å². The van der Waals surface area contributed by atoms with Crippen molar-refractivity contribution in [2.24, 2.45) is 0 Å². The van der Waals surface area contributed by atoms with E-state index in [4.69, 9.17) is 0 Å². The molecule has 0 aliphatic heterocycles. The zero-order valence-electron chi connectivity index (χ0n) is 8.08. The summed E-state index contributed by atoms with van der Waals surface area (Å²) in [4.78, 5) is 0. The van der Waals surface area contributed by atoms with Crippen LogP contribution in [0.5, 0.6) is 0 Å². The van der Waals surface area contributed by atoms with Gasteiger partial charge in [-0.2, -0.15) is 12.1 Å². The molecule has 0 fully saturated rings. The van der Waals surface area contributed by atoms with Gasteiger partial charge in [-0.05, 0) is 0 Å². The first-order chi connectivity index (χ1) is 6.36. The van der Waals surface area contributed by atoms with E-state index in [0.717, 1.165) is 11.1 Å².